The minimum Gasteiger partial charge on any atom is -0.396 e. The van der Waals surface area contributed by atoms with E-state index in [1.54, 1.807) is 23.5 Å². The van der Waals surface area contributed by atoms with Crippen molar-refractivity contribution >= 4 is 23.3 Å². The van der Waals surface area contributed by atoms with E-state index in [1.807, 2.05) is 25.1 Å². The van der Waals surface area contributed by atoms with Crippen LogP contribution in [-0.2, 0) is 6.42 Å². The fraction of sp³-hybridized carbons (Fsp3) is 0.290. The third kappa shape index (κ3) is 6.70. The summed E-state index contributed by atoms with van der Waals surface area (Å²) in [5, 5.41) is 0. The Balaban J connectivity index is 2.08. The smallest absolute Gasteiger partial charge is 0.158 e. The van der Waals surface area contributed by atoms with Crippen LogP contribution in [0.5, 0.6) is 0 Å². The quantitative estimate of drug-likeness (QED) is 0.264. The molecular formula is C31H36F2N4. The van der Waals surface area contributed by atoms with Crippen LogP contribution in [0.4, 0.5) is 14.5 Å². The van der Waals surface area contributed by atoms with Gasteiger partial charge in [-0.05, 0) is 43.4 Å². The van der Waals surface area contributed by atoms with Crippen molar-refractivity contribution in [3.8, 4) is 0 Å². The first-order chi connectivity index (χ1) is 17.8. The van der Waals surface area contributed by atoms with E-state index in [1.165, 1.54) is 11.6 Å². The zero-order valence-corrected chi connectivity index (χ0v) is 22.1. The van der Waals surface area contributed by atoms with Crippen LogP contribution in [0.3, 0.4) is 0 Å². The van der Waals surface area contributed by atoms with Crippen LogP contribution in [-0.4, -0.2) is 16.8 Å². The lowest BCUT2D eigenvalue weighted by Crippen LogP contribution is -2.22. The highest BCUT2D eigenvalue weighted by atomic mass is 19.1. The number of hydrogen-bond acceptors (Lipinski definition) is 4. The van der Waals surface area contributed by atoms with Crippen LogP contribution in [0.15, 0.2) is 94.5 Å². The fourth-order valence-corrected chi connectivity index (χ4v) is 4.27. The normalized spacial score (nSPS) is 16.5. The zero-order chi connectivity index (χ0) is 26.9. The van der Waals surface area contributed by atoms with E-state index in [4.69, 9.17) is 10.7 Å². The Kier molecular flexibility index (Phi) is 9.72. The molecule has 2 aromatic carbocycles. The molecule has 3 rings (SSSR count). The molecule has 0 amide bonds. The summed E-state index contributed by atoms with van der Waals surface area (Å²) in [6.07, 6.45) is 10.6. The number of halogens is 2. The van der Waals surface area contributed by atoms with E-state index in [2.05, 4.69) is 50.6 Å². The SMILES string of the molecule is C=CN1C=C(c2c(F)ccc(N)c2F)N=C\C1=C(/C(C)=N\C(=C/CCC)Cc1ccccc1)C(C)CC. The van der Waals surface area contributed by atoms with Crippen molar-refractivity contribution in [2.75, 3.05) is 5.73 Å². The summed E-state index contributed by atoms with van der Waals surface area (Å²) in [4.78, 5) is 11.3. The molecule has 0 saturated heterocycles. The average Bonchev–Trinajstić information content (AvgIpc) is 2.90. The summed E-state index contributed by atoms with van der Waals surface area (Å²) in [7, 11) is 0. The number of rotatable bonds is 10. The average molecular weight is 503 g/mol. The number of hydrogen-bond donors (Lipinski definition) is 1. The third-order valence-electron chi connectivity index (χ3n) is 6.42. The summed E-state index contributed by atoms with van der Waals surface area (Å²) in [6.45, 7) is 12.3. The molecule has 1 heterocycles. The van der Waals surface area contributed by atoms with Gasteiger partial charge in [0.2, 0.25) is 0 Å². The van der Waals surface area contributed by atoms with E-state index >= 15 is 0 Å². The maximum Gasteiger partial charge on any atom is 0.158 e. The highest BCUT2D eigenvalue weighted by molar-refractivity contribution is 6.05. The van der Waals surface area contributed by atoms with Crippen molar-refractivity contribution in [3.63, 3.8) is 0 Å². The van der Waals surface area contributed by atoms with Crippen molar-refractivity contribution in [2.45, 2.75) is 53.4 Å². The molecule has 2 aromatic rings. The maximum atomic E-state index is 14.7. The first-order valence-corrected chi connectivity index (χ1v) is 12.7. The molecule has 2 N–H and O–H groups in total. The zero-order valence-electron chi connectivity index (χ0n) is 22.1. The Hall–Kier alpha value is -3.80. The summed E-state index contributed by atoms with van der Waals surface area (Å²) in [5.41, 5.74) is 10.3. The molecule has 37 heavy (non-hydrogen) atoms. The van der Waals surface area contributed by atoms with Gasteiger partial charge in [-0.15, -0.1) is 0 Å². The van der Waals surface area contributed by atoms with Crippen LogP contribution in [0.2, 0.25) is 0 Å². The Bertz CT molecular complexity index is 1270. The van der Waals surface area contributed by atoms with Crippen LogP contribution < -0.4 is 5.73 Å². The molecule has 1 aliphatic heterocycles. The van der Waals surface area contributed by atoms with Gasteiger partial charge in [0.1, 0.15) is 5.82 Å². The molecule has 0 radical (unpaired) electrons. The number of anilines is 1. The molecule has 0 saturated carbocycles. The Morgan fingerprint density at radius 2 is 1.89 bits per heavy atom. The first kappa shape index (κ1) is 27.8. The predicted octanol–water partition coefficient (Wildman–Crippen LogP) is 8.06. The van der Waals surface area contributed by atoms with Gasteiger partial charge in [-0.2, -0.15) is 0 Å². The predicted molar refractivity (Wildman–Crippen MR) is 152 cm³/mol. The second-order valence-electron chi connectivity index (χ2n) is 9.14. The fourth-order valence-electron chi connectivity index (χ4n) is 4.27. The van der Waals surface area contributed by atoms with Crippen molar-refractivity contribution in [2.24, 2.45) is 15.9 Å². The van der Waals surface area contributed by atoms with Crippen LogP contribution in [0, 0.1) is 17.6 Å². The van der Waals surface area contributed by atoms with Gasteiger partial charge in [0.05, 0.1) is 28.9 Å². The van der Waals surface area contributed by atoms with Crippen molar-refractivity contribution in [1.29, 1.82) is 0 Å². The molecule has 1 unspecified atom stereocenters. The summed E-state index contributed by atoms with van der Waals surface area (Å²) in [5.74, 6) is -1.39. The summed E-state index contributed by atoms with van der Waals surface area (Å²) >= 11 is 0. The Labute approximate surface area is 219 Å². The van der Waals surface area contributed by atoms with Crippen molar-refractivity contribution in [3.05, 3.63) is 107 Å². The van der Waals surface area contributed by atoms with Gasteiger partial charge in [-0.25, -0.2) is 8.78 Å². The molecule has 1 aliphatic rings. The van der Waals surface area contributed by atoms with E-state index in [-0.39, 0.29) is 22.9 Å². The molecule has 6 heteroatoms. The monoisotopic (exact) mass is 502 g/mol. The molecule has 0 fully saturated rings. The molecule has 4 nitrogen and oxygen atoms in total. The molecule has 0 spiro atoms. The number of benzene rings is 2. The molecule has 0 aromatic heterocycles. The highest BCUT2D eigenvalue weighted by Crippen LogP contribution is 2.32. The van der Waals surface area contributed by atoms with Crippen LogP contribution in [0.1, 0.15) is 58.1 Å². The number of nitrogen functional groups attached to an aromatic ring is 1. The molecular weight excluding hydrogens is 466 g/mol. The third-order valence-corrected chi connectivity index (χ3v) is 6.42. The van der Waals surface area contributed by atoms with E-state index in [0.29, 0.717) is 0 Å². The van der Waals surface area contributed by atoms with Crippen LogP contribution >= 0.6 is 0 Å². The van der Waals surface area contributed by atoms with Gasteiger partial charge in [0, 0.05) is 35.8 Å². The maximum absolute atomic E-state index is 14.7. The molecule has 1 atom stereocenters. The lowest BCUT2D eigenvalue weighted by molar-refractivity contribution is 0.575. The van der Waals surface area contributed by atoms with Gasteiger partial charge >= 0.3 is 0 Å². The lowest BCUT2D eigenvalue weighted by atomic mass is 9.92. The topological polar surface area (TPSA) is 54.0 Å². The number of nitrogens with zero attached hydrogens (tertiary/aromatic N) is 3. The van der Waals surface area contributed by atoms with Crippen molar-refractivity contribution < 1.29 is 8.78 Å². The summed E-state index contributed by atoms with van der Waals surface area (Å²) in [6, 6.07) is 12.6. The highest BCUT2D eigenvalue weighted by Gasteiger charge is 2.24. The minimum absolute atomic E-state index is 0.132. The van der Waals surface area contributed by atoms with E-state index in [9.17, 15) is 8.78 Å². The van der Waals surface area contributed by atoms with Gasteiger partial charge in [-0.3, -0.25) is 9.98 Å². The largest absolute Gasteiger partial charge is 0.396 e. The number of unbranched alkanes of at least 4 members (excludes halogenated alkanes) is 1. The second kappa shape index (κ2) is 12.9. The second-order valence-corrected chi connectivity index (χ2v) is 9.14. The van der Waals surface area contributed by atoms with E-state index in [0.717, 1.165) is 54.4 Å². The van der Waals surface area contributed by atoms with Crippen molar-refractivity contribution in [1.82, 2.24) is 4.90 Å². The molecule has 194 valence electrons. The first-order valence-electron chi connectivity index (χ1n) is 12.7. The molecule has 0 bridgehead atoms. The number of aliphatic imine (C=N–C) groups is 2. The van der Waals surface area contributed by atoms with Crippen LogP contribution in [0.25, 0.3) is 5.70 Å². The lowest BCUT2D eigenvalue weighted by Gasteiger charge is -2.27. The minimum atomic E-state index is -0.827. The summed E-state index contributed by atoms with van der Waals surface area (Å²) < 4.78 is 29.3. The van der Waals surface area contributed by atoms with Gasteiger partial charge in [0.25, 0.3) is 0 Å². The standard InChI is InChI=1S/C31H36F2N4/c1-6-9-15-24(18-23-13-11-10-12-14-23)36-22(5)29(21(4)7-2)28-19-35-27(20-37(28)8-3)30-25(32)16-17-26(34)31(30)33/h8,10-17,19-21H,3,6-7,9,18,34H2,1-2,4-5H3/b24-15-,29-28+,36-22-. The van der Waals surface area contributed by atoms with Gasteiger partial charge in [-0.1, -0.05) is 70.2 Å². The van der Waals surface area contributed by atoms with Gasteiger partial charge < -0.3 is 10.6 Å². The number of nitrogens with two attached hydrogens (primary N) is 1. The number of allylic oxidation sites excluding steroid dienone is 4. The Morgan fingerprint density at radius 3 is 2.54 bits per heavy atom. The Morgan fingerprint density at radius 1 is 1.16 bits per heavy atom. The van der Waals surface area contributed by atoms with Gasteiger partial charge in [0.15, 0.2) is 5.82 Å². The molecule has 0 aliphatic carbocycles. The van der Waals surface area contributed by atoms with E-state index < -0.39 is 11.6 Å².